The molecule has 0 unspecified atom stereocenters. The van der Waals surface area contributed by atoms with E-state index in [1.807, 2.05) is 13.8 Å². The molecule has 1 aliphatic rings. The molecule has 0 saturated carbocycles. The van der Waals surface area contributed by atoms with Gasteiger partial charge in [0.1, 0.15) is 10.9 Å². The van der Waals surface area contributed by atoms with Crippen LogP contribution < -0.4 is 5.73 Å². The van der Waals surface area contributed by atoms with Crippen molar-refractivity contribution in [1.29, 1.82) is 0 Å². The van der Waals surface area contributed by atoms with Crippen LogP contribution >= 0.6 is 0 Å². The molecule has 0 bridgehead atoms. The lowest BCUT2D eigenvalue weighted by Crippen LogP contribution is -2.47. The van der Waals surface area contributed by atoms with E-state index in [1.165, 1.54) is 4.31 Å². The Bertz CT molecular complexity index is 724. The second-order valence-corrected chi connectivity index (χ2v) is 8.05. The monoisotopic (exact) mass is 357 g/mol. The quantitative estimate of drug-likeness (QED) is 0.799. The summed E-state index contributed by atoms with van der Waals surface area (Å²) in [5.41, 5.74) is 6.99. The van der Waals surface area contributed by atoms with E-state index < -0.39 is 16.1 Å². The molecule has 1 saturated heterocycles. The first-order valence-electron chi connectivity index (χ1n) is 8.21. The maximum absolute atomic E-state index is 13.2. The van der Waals surface area contributed by atoms with Crippen LogP contribution in [0, 0.1) is 13.8 Å². The molecule has 0 aliphatic carbocycles. The zero-order chi connectivity index (χ0) is 18.2. The lowest BCUT2D eigenvalue weighted by molar-refractivity contribution is -0.134. The van der Waals surface area contributed by atoms with Crippen LogP contribution in [0.4, 0.5) is 0 Å². The molecule has 2 rings (SSSR count). The SMILES string of the molecule is CCN(CC)C(=O)[C@@H]1C[C@H](N)CN1S(=O)(=O)c1c(C)nn(C)c1C. The Balaban J connectivity index is 2.46. The average molecular weight is 357 g/mol. The number of hydrogen-bond donors (Lipinski definition) is 1. The predicted molar refractivity (Wildman–Crippen MR) is 90.9 cm³/mol. The first-order chi connectivity index (χ1) is 11.1. The minimum Gasteiger partial charge on any atom is -0.342 e. The number of rotatable bonds is 5. The van der Waals surface area contributed by atoms with Gasteiger partial charge in [-0.1, -0.05) is 0 Å². The molecule has 0 spiro atoms. The van der Waals surface area contributed by atoms with Crippen LogP contribution in [0.2, 0.25) is 0 Å². The third-order valence-corrected chi connectivity index (χ3v) is 6.79. The number of likely N-dealkylation sites (N-methyl/N-ethyl adjacent to an activating group) is 1. The number of hydrogen-bond acceptors (Lipinski definition) is 5. The first-order valence-corrected chi connectivity index (χ1v) is 9.65. The topological polar surface area (TPSA) is 102 Å². The highest BCUT2D eigenvalue weighted by molar-refractivity contribution is 7.89. The molecular formula is C15H27N5O3S. The Hall–Kier alpha value is -1.45. The number of aromatic nitrogens is 2. The lowest BCUT2D eigenvalue weighted by Gasteiger charge is -2.28. The first kappa shape index (κ1) is 18.9. The molecule has 1 aromatic rings. The third-order valence-electron chi connectivity index (χ3n) is 4.66. The van der Waals surface area contributed by atoms with Crippen molar-refractivity contribution in [2.24, 2.45) is 12.8 Å². The molecule has 136 valence electrons. The molecule has 9 heteroatoms. The van der Waals surface area contributed by atoms with Crippen LogP contribution in [0.25, 0.3) is 0 Å². The van der Waals surface area contributed by atoms with Crippen molar-refractivity contribution in [3.05, 3.63) is 11.4 Å². The van der Waals surface area contributed by atoms with Crippen LogP contribution in [-0.2, 0) is 21.9 Å². The van der Waals surface area contributed by atoms with Gasteiger partial charge in [0.05, 0.1) is 11.4 Å². The third kappa shape index (κ3) is 3.07. The molecule has 0 radical (unpaired) electrons. The fourth-order valence-corrected chi connectivity index (χ4v) is 5.37. The average Bonchev–Trinajstić information content (AvgIpc) is 3.01. The molecule has 2 atom stereocenters. The summed E-state index contributed by atoms with van der Waals surface area (Å²) in [6.45, 7) is 8.36. The second kappa shape index (κ2) is 6.81. The van der Waals surface area contributed by atoms with Crippen molar-refractivity contribution >= 4 is 15.9 Å². The minimum atomic E-state index is -3.83. The Kier molecular flexibility index (Phi) is 5.36. The maximum atomic E-state index is 13.2. The summed E-state index contributed by atoms with van der Waals surface area (Å²) < 4.78 is 29.2. The summed E-state index contributed by atoms with van der Waals surface area (Å²) in [5.74, 6) is -0.185. The summed E-state index contributed by atoms with van der Waals surface area (Å²) >= 11 is 0. The second-order valence-electron chi connectivity index (χ2n) is 6.22. The van der Waals surface area contributed by atoms with E-state index in [-0.39, 0.29) is 23.4 Å². The molecule has 2 N–H and O–H groups in total. The normalized spacial score (nSPS) is 22.1. The van der Waals surface area contributed by atoms with Crippen LogP contribution in [-0.4, -0.2) is 65.0 Å². The van der Waals surface area contributed by atoms with E-state index in [0.717, 1.165) is 0 Å². The molecule has 1 fully saturated rings. The van der Waals surface area contributed by atoms with Gasteiger partial charge in [0.15, 0.2) is 0 Å². The van der Waals surface area contributed by atoms with Gasteiger partial charge < -0.3 is 10.6 Å². The van der Waals surface area contributed by atoms with Gasteiger partial charge in [0.25, 0.3) is 0 Å². The zero-order valence-corrected chi connectivity index (χ0v) is 15.8. The summed E-state index contributed by atoms with van der Waals surface area (Å²) in [5, 5.41) is 4.19. The predicted octanol–water partition coefficient (Wildman–Crippen LogP) is -0.00436. The Morgan fingerprint density at radius 3 is 2.38 bits per heavy atom. The van der Waals surface area contributed by atoms with E-state index in [2.05, 4.69) is 5.10 Å². The van der Waals surface area contributed by atoms with Crippen LogP contribution in [0.5, 0.6) is 0 Å². The molecule has 2 heterocycles. The standard InChI is InChI=1S/C15H27N5O3S/c1-6-19(7-2)15(21)13-8-12(16)9-20(13)24(22,23)14-10(3)17-18(5)11(14)4/h12-13H,6-9,16H2,1-5H3/t12-,13-/m0/s1. The van der Waals surface area contributed by atoms with E-state index in [4.69, 9.17) is 5.73 Å². The van der Waals surface area contributed by atoms with Crippen molar-refractivity contribution < 1.29 is 13.2 Å². The highest BCUT2D eigenvalue weighted by atomic mass is 32.2. The van der Waals surface area contributed by atoms with Gasteiger partial charge in [-0.25, -0.2) is 8.42 Å². The summed E-state index contributed by atoms with van der Waals surface area (Å²) in [7, 11) is -2.13. The molecule has 1 amide bonds. The number of nitrogens with zero attached hydrogens (tertiary/aromatic N) is 4. The Morgan fingerprint density at radius 1 is 1.33 bits per heavy atom. The maximum Gasteiger partial charge on any atom is 0.247 e. The van der Waals surface area contributed by atoms with Gasteiger partial charge in [-0.3, -0.25) is 9.48 Å². The van der Waals surface area contributed by atoms with Crippen LogP contribution in [0.3, 0.4) is 0 Å². The van der Waals surface area contributed by atoms with E-state index in [0.29, 0.717) is 30.9 Å². The zero-order valence-electron chi connectivity index (χ0n) is 15.0. The van der Waals surface area contributed by atoms with Gasteiger partial charge >= 0.3 is 0 Å². The highest BCUT2D eigenvalue weighted by Crippen LogP contribution is 2.30. The van der Waals surface area contributed by atoms with Crippen molar-refractivity contribution in [3.8, 4) is 0 Å². The summed E-state index contributed by atoms with van der Waals surface area (Å²) in [6.07, 6.45) is 0.340. The van der Waals surface area contributed by atoms with Gasteiger partial charge in [0, 0.05) is 32.7 Å². The molecule has 24 heavy (non-hydrogen) atoms. The number of carbonyl (C=O) groups excluding carboxylic acids is 1. The van der Waals surface area contributed by atoms with Crippen molar-refractivity contribution in [2.45, 2.75) is 51.1 Å². The number of sulfonamides is 1. The number of aryl methyl sites for hydroxylation is 2. The minimum absolute atomic E-state index is 0.147. The largest absolute Gasteiger partial charge is 0.342 e. The van der Waals surface area contributed by atoms with E-state index in [1.54, 1.807) is 30.5 Å². The van der Waals surface area contributed by atoms with Gasteiger partial charge in [0.2, 0.25) is 15.9 Å². The summed E-state index contributed by atoms with van der Waals surface area (Å²) in [6, 6.07) is -1.09. The molecule has 8 nitrogen and oxygen atoms in total. The van der Waals surface area contributed by atoms with Gasteiger partial charge in [-0.15, -0.1) is 0 Å². The molecule has 1 aliphatic heterocycles. The van der Waals surface area contributed by atoms with Gasteiger partial charge in [-0.05, 0) is 34.1 Å². The number of amides is 1. The molecule has 0 aromatic carbocycles. The fourth-order valence-electron chi connectivity index (χ4n) is 3.32. The van der Waals surface area contributed by atoms with Crippen LogP contribution in [0.15, 0.2) is 4.90 Å². The van der Waals surface area contributed by atoms with Crippen molar-refractivity contribution in [2.75, 3.05) is 19.6 Å². The Labute approximate surface area is 143 Å². The van der Waals surface area contributed by atoms with E-state index >= 15 is 0 Å². The fraction of sp³-hybridized carbons (Fsp3) is 0.733. The van der Waals surface area contributed by atoms with Crippen molar-refractivity contribution in [1.82, 2.24) is 19.0 Å². The Morgan fingerprint density at radius 2 is 1.92 bits per heavy atom. The van der Waals surface area contributed by atoms with E-state index in [9.17, 15) is 13.2 Å². The number of carbonyl (C=O) groups is 1. The number of nitrogens with two attached hydrogens (primary N) is 1. The van der Waals surface area contributed by atoms with Crippen LogP contribution in [0.1, 0.15) is 31.7 Å². The van der Waals surface area contributed by atoms with Crippen molar-refractivity contribution in [3.63, 3.8) is 0 Å². The molecule has 1 aromatic heterocycles. The van der Waals surface area contributed by atoms with Gasteiger partial charge in [-0.2, -0.15) is 9.40 Å². The smallest absolute Gasteiger partial charge is 0.247 e. The summed E-state index contributed by atoms with van der Waals surface area (Å²) in [4.78, 5) is 14.6. The molecular weight excluding hydrogens is 330 g/mol. The lowest BCUT2D eigenvalue weighted by atomic mass is 10.1. The highest BCUT2D eigenvalue weighted by Gasteiger charge is 2.45.